The van der Waals surface area contributed by atoms with Crippen molar-refractivity contribution in [3.05, 3.63) is 79.7 Å². The molecule has 1 aliphatic rings. The van der Waals surface area contributed by atoms with Crippen LogP contribution in [0, 0.1) is 6.92 Å². The fourth-order valence-corrected chi connectivity index (χ4v) is 4.80. The smallest absolute Gasteiger partial charge is 0.274 e. The normalized spacial score (nSPS) is 14.5. The summed E-state index contributed by atoms with van der Waals surface area (Å²) in [5.41, 5.74) is 5.02. The van der Waals surface area contributed by atoms with E-state index in [0.29, 0.717) is 0 Å². The van der Waals surface area contributed by atoms with Crippen LogP contribution < -0.4 is 5.56 Å². The van der Waals surface area contributed by atoms with Gasteiger partial charge in [-0.3, -0.25) is 14.8 Å². The molecule has 1 N–H and O–H groups in total. The first kappa shape index (κ1) is 17.7. The number of aromatic nitrogens is 3. The van der Waals surface area contributed by atoms with Gasteiger partial charge in [0.2, 0.25) is 0 Å². The summed E-state index contributed by atoms with van der Waals surface area (Å²) in [6.45, 7) is 4.45. The molecule has 7 heteroatoms. The lowest BCUT2D eigenvalue weighted by molar-refractivity contribution is 0.242. The molecule has 0 spiro atoms. The predicted molar refractivity (Wildman–Crippen MR) is 114 cm³/mol. The first-order chi connectivity index (χ1) is 13.6. The zero-order chi connectivity index (χ0) is 19.3. The van der Waals surface area contributed by atoms with Gasteiger partial charge >= 0.3 is 0 Å². The van der Waals surface area contributed by atoms with E-state index >= 15 is 0 Å². The van der Waals surface area contributed by atoms with Crippen LogP contribution in [0.25, 0.3) is 15.9 Å². The summed E-state index contributed by atoms with van der Waals surface area (Å²) < 4.78 is 2.77. The van der Waals surface area contributed by atoms with Crippen molar-refractivity contribution in [2.24, 2.45) is 0 Å². The lowest BCUT2D eigenvalue weighted by Gasteiger charge is -2.25. The highest BCUT2D eigenvalue weighted by atomic mass is 35.5. The standard InChI is InChI=1S/C21H19ClN4OS/c1-13-23-18-7-6-16(10-20(18)28-13)26-21(27)17-8-9-25(12-19(17)24-26)11-14-2-4-15(22)5-3-14/h2-7,10,24H,8-9,11-12H2,1H3. The Balaban J connectivity index is 1.43. The number of rotatable bonds is 3. The number of hydrogen-bond donors (Lipinski definition) is 1. The second-order valence-corrected chi connectivity index (χ2v) is 8.85. The van der Waals surface area contributed by atoms with Crippen molar-refractivity contribution >= 4 is 33.2 Å². The number of nitrogens with one attached hydrogen (secondary N) is 1. The number of aromatic amines is 1. The van der Waals surface area contributed by atoms with Gasteiger partial charge in [-0.05, 0) is 49.2 Å². The second-order valence-electron chi connectivity index (χ2n) is 7.18. The van der Waals surface area contributed by atoms with E-state index < -0.39 is 0 Å². The number of halogens is 1. The average Bonchev–Trinajstić information content (AvgIpc) is 3.22. The van der Waals surface area contributed by atoms with Crippen molar-refractivity contribution in [1.82, 2.24) is 19.7 Å². The molecular formula is C21H19ClN4OS. The average molecular weight is 411 g/mol. The molecule has 0 radical (unpaired) electrons. The molecule has 0 fully saturated rings. The summed E-state index contributed by atoms with van der Waals surface area (Å²) in [7, 11) is 0. The third-order valence-corrected chi connectivity index (χ3v) is 6.37. The molecule has 0 saturated heterocycles. The van der Waals surface area contributed by atoms with Crippen LogP contribution >= 0.6 is 22.9 Å². The Morgan fingerprint density at radius 1 is 1.21 bits per heavy atom. The van der Waals surface area contributed by atoms with E-state index in [1.165, 1.54) is 5.56 Å². The molecule has 28 heavy (non-hydrogen) atoms. The van der Waals surface area contributed by atoms with Gasteiger partial charge in [0.05, 0.1) is 26.6 Å². The summed E-state index contributed by atoms with van der Waals surface area (Å²) in [5.74, 6) is 0. The van der Waals surface area contributed by atoms with Gasteiger partial charge in [0.1, 0.15) is 0 Å². The highest BCUT2D eigenvalue weighted by Gasteiger charge is 2.23. The van der Waals surface area contributed by atoms with Gasteiger partial charge in [-0.1, -0.05) is 23.7 Å². The van der Waals surface area contributed by atoms with Gasteiger partial charge in [-0.15, -0.1) is 11.3 Å². The van der Waals surface area contributed by atoms with Crippen molar-refractivity contribution in [2.75, 3.05) is 6.54 Å². The van der Waals surface area contributed by atoms with E-state index in [0.717, 1.165) is 63.2 Å². The summed E-state index contributed by atoms with van der Waals surface area (Å²) in [5, 5.41) is 5.12. The minimum absolute atomic E-state index is 0.0572. The minimum atomic E-state index is 0.0572. The van der Waals surface area contributed by atoms with Crippen molar-refractivity contribution in [3.8, 4) is 5.69 Å². The van der Waals surface area contributed by atoms with E-state index in [9.17, 15) is 4.79 Å². The quantitative estimate of drug-likeness (QED) is 0.548. The Kier molecular flexibility index (Phi) is 4.34. The van der Waals surface area contributed by atoms with E-state index in [1.54, 1.807) is 16.0 Å². The molecule has 0 bridgehead atoms. The second kappa shape index (κ2) is 6.88. The van der Waals surface area contributed by atoms with Crippen LogP contribution in [0.5, 0.6) is 0 Å². The Morgan fingerprint density at radius 3 is 2.86 bits per heavy atom. The number of aryl methyl sites for hydroxylation is 1. The topological polar surface area (TPSA) is 53.9 Å². The van der Waals surface area contributed by atoms with E-state index in [-0.39, 0.29) is 5.56 Å². The minimum Gasteiger partial charge on any atom is -0.293 e. The molecular weight excluding hydrogens is 392 g/mol. The molecule has 0 saturated carbocycles. The maximum absolute atomic E-state index is 12.9. The van der Waals surface area contributed by atoms with Crippen LogP contribution in [0.15, 0.2) is 47.3 Å². The lowest BCUT2D eigenvalue weighted by atomic mass is 10.1. The van der Waals surface area contributed by atoms with Gasteiger partial charge in [0.15, 0.2) is 0 Å². The molecule has 0 amide bonds. The molecule has 3 heterocycles. The van der Waals surface area contributed by atoms with Crippen LogP contribution in [-0.2, 0) is 19.5 Å². The third kappa shape index (κ3) is 3.17. The van der Waals surface area contributed by atoms with Gasteiger partial charge in [0, 0.05) is 30.2 Å². The summed E-state index contributed by atoms with van der Waals surface area (Å²) in [6.07, 6.45) is 0.757. The predicted octanol–water partition coefficient (Wildman–Crippen LogP) is 4.30. The van der Waals surface area contributed by atoms with Crippen LogP contribution in [-0.4, -0.2) is 26.2 Å². The van der Waals surface area contributed by atoms with Crippen LogP contribution in [0.1, 0.15) is 21.8 Å². The summed E-state index contributed by atoms with van der Waals surface area (Å²) in [4.78, 5) is 19.8. The number of H-pyrrole nitrogens is 1. The Morgan fingerprint density at radius 2 is 2.04 bits per heavy atom. The van der Waals surface area contributed by atoms with Crippen molar-refractivity contribution in [3.63, 3.8) is 0 Å². The lowest BCUT2D eigenvalue weighted by Crippen LogP contribution is -2.31. The zero-order valence-corrected chi connectivity index (χ0v) is 17.0. The molecule has 142 valence electrons. The fraction of sp³-hybridized carbons (Fsp3) is 0.238. The molecule has 1 aliphatic heterocycles. The van der Waals surface area contributed by atoms with Crippen molar-refractivity contribution < 1.29 is 0 Å². The molecule has 5 rings (SSSR count). The molecule has 4 aromatic rings. The number of fused-ring (bicyclic) bond motifs is 2. The van der Waals surface area contributed by atoms with E-state index in [4.69, 9.17) is 11.6 Å². The van der Waals surface area contributed by atoms with Gasteiger partial charge in [0.25, 0.3) is 5.56 Å². The van der Waals surface area contributed by atoms with Crippen LogP contribution in [0.3, 0.4) is 0 Å². The number of benzene rings is 2. The summed E-state index contributed by atoms with van der Waals surface area (Å²) >= 11 is 7.62. The fourth-order valence-electron chi connectivity index (χ4n) is 3.81. The van der Waals surface area contributed by atoms with Gasteiger partial charge in [-0.2, -0.15) is 0 Å². The largest absolute Gasteiger partial charge is 0.293 e. The number of hydrogen-bond acceptors (Lipinski definition) is 4. The molecule has 0 unspecified atom stereocenters. The van der Waals surface area contributed by atoms with Crippen molar-refractivity contribution in [1.29, 1.82) is 0 Å². The molecule has 2 aromatic carbocycles. The maximum atomic E-state index is 12.9. The van der Waals surface area contributed by atoms with Crippen LogP contribution in [0.4, 0.5) is 0 Å². The van der Waals surface area contributed by atoms with Crippen LogP contribution in [0.2, 0.25) is 5.02 Å². The highest BCUT2D eigenvalue weighted by molar-refractivity contribution is 7.18. The Hall–Kier alpha value is -2.41. The molecule has 0 atom stereocenters. The Labute approximate surface area is 171 Å². The summed E-state index contributed by atoms with van der Waals surface area (Å²) in [6, 6.07) is 13.9. The first-order valence-electron chi connectivity index (χ1n) is 9.24. The van der Waals surface area contributed by atoms with Gasteiger partial charge < -0.3 is 0 Å². The zero-order valence-electron chi connectivity index (χ0n) is 15.4. The number of nitrogens with zero attached hydrogens (tertiary/aromatic N) is 3. The molecule has 0 aliphatic carbocycles. The third-order valence-electron chi connectivity index (χ3n) is 5.19. The highest BCUT2D eigenvalue weighted by Crippen LogP contribution is 2.25. The van der Waals surface area contributed by atoms with Gasteiger partial charge in [-0.25, -0.2) is 9.67 Å². The Bertz CT molecular complexity index is 1220. The maximum Gasteiger partial charge on any atom is 0.274 e. The van der Waals surface area contributed by atoms with E-state index in [1.807, 2.05) is 37.3 Å². The monoisotopic (exact) mass is 410 g/mol. The first-order valence-corrected chi connectivity index (χ1v) is 10.4. The SMILES string of the molecule is Cc1nc2ccc(-n3[nH]c4c(c3=O)CCN(Cc3ccc(Cl)cc3)C4)cc2s1. The van der Waals surface area contributed by atoms with E-state index in [2.05, 4.69) is 27.1 Å². The molecule has 5 nitrogen and oxygen atoms in total. The van der Waals surface area contributed by atoms with Crippen molar-refractivity contribution in [2.45, 2.75) is 26.4 Å². The molecule has 2 aromatic heterocycles. The number of thiazole rings is 1.